The van der Waals surface area contributed by atoms with Gasteiger partial charge in [0.2, 0.25) is 0 Å². The average Bonchev–Trinajstić information content (AvgIpc) is 3.17. The second-order valence-corrected chi connectivity index (χ2v) is 8.93. The molecule has 0 bridgehead atoms. The Balaban J connectivity index is 1.81. The summed E-state index contributed by atoms with van der Waals surface area (Å²) in [5.74, 6) is 1.63. The van der Waals surface area contributed by atoms with E-state index in [0.717, 1.165) is 34.9 Å². The number of nitrogens with one attached hydrogen (secondary N) is 1. The van der Waals surface area contributed by atoms with Crippen LogP contribution in [0.15, 0.2) is 41.3 Å². The predicted octanol–water partition coefficient (Wildman–Crippen LogP) is 4.38. The van der Waals surface area contributed by atoms with Crippen LogP contribution in [0.4, 0.5) is 11.6 Å². The van der Waals surface area contributed by atoms with Gasteiger partial charge in [0, 0.05) is 45.4 Å². The summed E-state index contributed by atoms with van der Waals surface area (Å²) in [5, 5.41) is 3.68. The van der Waals surface area contributed by atoms with Crippen LogP contribution in [0.25, 0.3) is 11.3 Å². The summed E-state index contributed by atoms with van der Waals surface area (Å²) in [6.45, 7) is 9.28. The number of hydrogen-bond acceptors (Lipinski definition) is 6. The lowest BCUT2D eigenvalue weighted by atomic mass is 10.1. The number of fused-ring (bicyclic) bond motifs is 1. The SMILES string of the molecule is CCO[C@H]1Cc2ccccc2[C@H]1Nc1c(CC)nc(-c2cnc(N(C)C)cc2C)c(=O)n1CC. The summed E-state index contributed by atoms with van der Waals surface area (Å²) in [5.41, 5.74) is 5.48. The summed E-state index contributed by atoms with van der Waals surface area (Å²) < 4.78 is 7.91. The zero-order chi connectivity index (χ0) is 24.4. The Bertz CT molecular complexity index is 1230. The zero-order valence-corrected chi connectivity index (χ0v) is 21.1. The highest BCUT2D eigenvalue weighted by molar-refractivity contribution is 5.65. The van der Waals surface area contributed by atoms with Gasteiger partial charge in [0.1, 0.15) is 17.3 Å². The molecule has 3 aromatic rings. The van der Waals surface area contributed by atoms with E-state index in [9.17, 15) is 4.79 Å². The fourth-order valence-electron chi connectivity index (χ4n) is 4.78. The van der Waals surface area contributed by atoms with E-state index in [1.54, 1.807) is 6.20 Å². The fraction of sp³-hybridized carbons (Fsp3) is 0.444. The fourth-order valence-corrected chi connectivity index (χ4v) is 4.78. The molecule has 180 valence electrons. The van der Waals surface area contributed by atoms with Crippen molar-refractivity contribution in [3.05, 3.63) is 69.3 Å². The molecule has 1 aromatic carbocycles. The topological polar surface area (TPSA) is 72.3 Å². The minimum absolute atomic E-state index is 0.0113. The maximum atomic E-state index is 13.7. The first-order valence-corrected chi connectivity index (χ1v) is 12.1. The van der Waals surface area contributed by atoms with Gasteiger partial charge in [-0.25, -0.2) is 9.97 Å². The molecule has 0 spiro atoms. The molecule has 0 fully saturated rings. The van der Waals surface area contributed by atoms with Crippen LogP contribution in [-0.4, -0.2) is 41.3 Å². The van der Waals surface area contributed by atoms with E-state index in [2.05, 4.69) is 41.5 Å². The molecule has 2 heterocycles. The summed E-state index contributed by atoms with van der Waals surface area (Å²) in [4.78, 5) is 25.0. The Morgan fingerprint density at radius 3 is 2.62 bits per heavy atom. The van der Waals surface area contributed by atoms with Crippen LogP contribution < -0.4 is 15.8 Å². The second-order valence-electron chi connectivity index (χ2n) is 8.93. The summed E-state index contributed by atoms with van der Waals surface area (Å²) in [6.07, 6.45) is 3.33. The van der Waals surface area contributed by atoms with Gasteiger partial charge >= 0.3 is 0 Å². The van der Waals surface area contributed by atoms with Crippen LogP contribution in [0.3, 0.4) is 0 Å². The monoisotopic (exact) mass is 461 g/mol. The number of pyridine rings is 1. The van der Waals surface area contributed by atoms with Crippen molar-refractivity contribution < 1.29 is 4.74 Å². The van der Waals surface area contributed by atoms with Crippen LogP contribution in [0.5, 0.6) is 0 Å². The van der Waals surface area contributed by atoms with Crippen molar-refractivity contribution in [2.75, 3.05) is 30.9 Å². The minimum Gasteiger partial charge on any atom is -0.376 e. The van der Waals surface area contributed by atoms with Gasteiger partial charge in [-0.15, -0.1) is 0 Å². The molecule has 34 heavy (non-hydrogen) atoms. The Labute approximate surface area is 201 Å². The van der Waals surface area contributed by atoms with Crippen molar-refractivity contribution in [1.29, 1.82) is 0 Å². The molecule has 0 radical (unpaired) electrons. The molecule has 7 nitrogen and oxygen atoms in total. The van der Waals surface area contributed by atoms with Crippen LogP contribution in [0.1, 0.15) is 49.2 Å². The molecule has 0 saturated heterocycles. The summed E-state index contributed by atoms with van der Waals surface area (Å²) in [7, 11) is 3.91. The van der Waals surface area contributed by atoms with Gasteiger partial charge in [0.25, 0.3) is 5.56 Å². The van der Waals surface area contributed by atoms with E-state index in [0.29, 0.717) is 25.3 Å². The quantitative estimate of drug-likeness (QED) is 0.537. The molecule has 7 heteroatoms. The third kappa shape index (κ3) is 4.32. The molecule has 0 unspecified atom stereocenters. The first kappa shape index (κ1) is 24.0. The lowest BCUT2D eigenvalue weighted by Gasteiger charge is -2.26. The second kappa shape index (κ2) is 9.97. The van der Waals surface area contributed by atoms with Crippen LogP contribution in [-0.2, 0) is 24.1 Å². The van der Waals surface area contributed by atoms with E-state index in [-0.39, 0.29) is 17.7 Å². The number of aromatic nitrogens is 3. The predicted molar refractivity (Wildman–Crippen MR) is 138 cm³/mol. The molecule has 0 amide bonds. The van der Waals surface area contributed by atoms with Crippen LogP contribution in [0, 0.1) is 6.92 Å². The van der Waals surface area contributed by atoms with Crippen molar-refractivity contribution in [2.45, 2.75) is 59.2 Å². The molecule has 2 atom stereocenters. The van der Waals surface area contributed by atoms with Gasteiger partial charge in [-0.05, 0) is 49.9 Å². The lowest BCUT2D eigenvalue weighted by Crippen LogP contribution is -2.32. The Hall–Kier alpha value is -3.19. The van der Waals surface area contributed by atoms with E-state index in [1.807, 2.05) is 50.4 Å². The molecule has 0 aliphatic heterocycles. The van der Waals surface area contributed by atoms with Crippen LogP contribution >= 0.6 is 0 Å². The summed E-state index contributed by atoms with van der Waals surface area (Å²) >= 11 is 0. The Kier molecular flexibility index (Phi) is 7.03. The first-order valence-electron chi connectivity index (χ1n) is 12.1. The third-order valence-corrected chi connectivity index (χ3v) is 6.55. The number of rotatable bonds is 8. The largest absolute Gasteiger partial charge is 0.376 e. The van der Waals surface area contributed by atoms with E-state index >= 15 is 0 Å². The lowest BCUT2D eigenvalue weighted by molar-refractivity contribution is 0.0572. The highest BCUT2D eigenvalue weighted by Crippen LogP contribution is 2.36. The number of anilines is 2. The van der Waals surface area contributed by atoms with Crippen molar-refractivity contribution in [3.8, 4) is 11.3 Å². The molecule has 4 rings (SSSR count). The van der Waals surface area contributed by atoms with Crippen molar-refractivity contribution in [2.24, 2.45) is 0 Å². The number of benzene rings is 1. The summed E-state index contributed by atoms with van der Waals surface area (Å²) in [6, 6.07) is 10.4. The van der Waals surface area contributed by atoms with Crippen molar-refractivity contribution in [1.82, 2.24) is 14.5 Å². The molecular weight excluding hydrogens is 426 g/mol. The molecule has 2 aromatic heterocycles. The number of ether oxygens (including phenoxy) is 1. The standard InChI is InChI=1S/C27H35N5O2/c1-7-21-26(30-24-19-13-11-10-12-18(19)15-22(24)34-9-3)32(8-2)27(33)25(29-21)20-16-28-23(31(5)6)14-17(20)4/h10-14,16,22,24,30H,7-9,15H2,1-6H3/t22-,24+/m0/s1. The molecule has 1 N–H and O–H groups in total. The number of aryl methyl sites for hydroxylation is 2. The third-order valence-electron chi connectivity index (χ3n) is 6.55. The number of hydrogen-bond donors (Lipinski definition) is 1. The van der Waals surface area contributed by atoms with Gasteiger partial charge in [0.15, 0.2) is 0 Å². The van der Waals surface area contributed by atoms with Crippen LogP contribution in [0.2, 0.25) is 0 Å². The highest BCUT2D eigenvalue weighted by atomic mass is 16.5. The minimum atomic E-state index is -0.107. The van der Waals surface area contributed by atoms with E-state index < -0.39 is 0 Å². The smallest absolute Gasteiger partial charge is 0.278 e. The molecular formula is C27H35N5O2. The maximum Gasteiger partial charge on any atom is 0.278 e. The number of nitrogens with zero attached hydrogens (tertiary/aromatic N) is 4. The van der Waals surface area contributed by atoms with Crippen molar-refractivity contribution in [3.63, 3.8) is 0 Å². The van der Waals surface area contributed by atoms with E-state index in [1.165, 1.54) is 11.1 Å². The van der Waals surface area contributed by atoms with Gasteiger partial charge in [-0.3, -0.25) is 9.36 Å². The van der Waals surface area contributed by atoms with Gasteiger partial charge in [0.05, 0.1) is 17.8 Å². The van der Waals surface area contributed by atoms with Gasteiger partial charge in [-0.2, -0.15) is 0 Å². The van der Waals surface area contributed by atoms with Gasteiger partial charge in [-0.1, -0.05) is 31.2 Å². The zero-order valence-electron chi connectivity index (χ0n) is 21.1. The first-order chi connectivity index (χ1) is 16.4. The molecule has 1 aliphatic carbocycles. The van der Waals surface area contributed by atoms with Gasteiger partial charge < -0.3 is 15.0 Å². The van der Waals surface area contributed by atoms with E-state index in [4.69, 9.17) is 9.72 Å². The Morgan fingerprint density at radius 2 is 1.97 bits per heavy atom. The normalized spacial score (nSPS) is 17.0. The molecule has 1 aliphatic rings. The Morgan fingerprint density at radius 1 is 1.21 bits per heavy atom. The maximum absolute atomic E-state index is 13.7. The average molecular weight is 462 g/mol. The molecule has 0 saturated carbocycles. The van der Waals surface area contributed by atoms with Crippen molar-refractivity contribution >= 4 is 11.6 Å². The highest BCUT2D eigenvalue weighted by Gasteiger charge is 2.34.